The van der Waals surface area contributed by atoms with E-state index in [-0.39, 0.29) is 19.0 Å². The molecule has 5 nitrogen and oxygen atoms in total. The van der Waals surface area contributed by atoms with Gasteiger partial charge in [0, 0.05) is 6.54 Å². The van der Waals surface area contributed by atoms with Crippen molar-refractivity contribution in [2.75, 3.05) is 6.54 Å². The van der Waals surface area contributed by atoms with Crippen LogP contribution < -0.4 is 10.6 Å². The highest BCUT2D eigenvalue weighted by molar-refractivity contribution is 5.75. The molecular weight excluding hydrogens is 196 g/mol. The zero-order chi connectivity index (χ0) is 11.7. The number of amides is 2. The van der Waals surface area contributed by atoms with Gasteiger partial charge in [-0.25, -0.2) is 4.79 Å². The third kappa shape index (κ3) is 7.38. The third-order valence-electron chi connectivity index (χ3n) is 1.71. The SMILES string of the molecule is C#CC(CCC)NC(=O)NCCC(=O)O. The van der Waals surface area contributed by atoms with Gasteiger partial charge in [-0.1, -0.05) is 19.3 Å². The smallest absolute Gasteiger partial charge is 0.315 e. The van der Waals surface area contributed by atoms with E-state index >= 15 is 0 Å². The van der Waals surface area contributed by atoms with Crippen molar-refractivity contribution in [2.24, 2.45) is 0 Å². The zero-order valence-electron chi connectivity index (χ0n) is 8.75. The van der Waals surface area contributed by atoms with Gasteiger partial charge in [-0.15, -0.1) is 6.42 Å². The van der Waals surface area contributed by atoms with E-state index in [0.717, 1.165) is 6.42 Å². The molecule has 0 aliphatic carbocycles. The van der Waals surface area contributed by atoms with Gasteiger partial charge in [-0.3, -0.25) is 4.79 Å². The number of nitrogens with one attached hydrogen (secondary N) is 2. The minimum atomic E-state index is -0.947. The minimum absolute atomic E-state index is 0.0953. The highest BCUT2D eigenvalue weighted by atomic mass is 16.4. The van der Waals surface area contributed by atoms with Gasteiger partial charge in [0.2, 0.25) is 0 Å². The van der Waals surface area contributed by atoms with E-state index in [2.05, 4.69) is 16.6 Å². The summed E-state index contributed by atoms with van der Waals surface area (Å²) >= 11 is 0. The summed E-state index contributed by atoms with van der Waals surface area (Å²) in [6, 6.07) is -0.715. The molecule has 0 rings (SSSR count). The molecule has 1 atom stereocenters. The van der Waals surface area contributed by atoms with Crippen molar-refractivity contribution >= 4 is 12.0 Å². The van der Waals surface area contributed by atoms with E-state index in [4.69, 9.17) is 11.5 Å². The van der Waals surface area contributed by atoms with Gasteiger partial charge < -0.3 is 15.7 Å². The van der Waals surface area contributed by atoms with Crippen LogP contribution in [-0.2, 0) is 4.79 Å². The van der Waals surface area contributed by atoms with Crippen LogP contribution >= 0.6 is 0 Å². The van der Waals surface area contributed by atoms with Crippen molar-refractivity contribution in [3.63, 3.8) is 0 Å². The number of aliphatic carboxylic acids is 1. The molecule has 0 aromatic heterocycles. The maximum Gasteiger partial charge on any atom is 0.315 e. The van der Waals surface area contributed by atoms with Crippen LogP contribution in [0.3, 0.4) is 0 Å². The highest BCUT2D eigenvalue weighted by Crippen LogP contribution is 1.94. The van der Waals surface area contributed by atoms with E-state index in [1.807, 2.05) is 6.92 Å². The molecule has 0 aliphatic heterocycles. The molecule has 5 heteroatoms. The highest BCUT2D eigenvalue weighted by Gasteiger charge is 2.07. The van der Waals surface area contributed by atoms with E-state index < -0.39 is 12.0 Å². The number of carboxylic acids is 1. The first-order chi connectivity index (χ1) is 7.10. The molecule has 0 bridgehead atoms. The second-order valence-electron chi connectivity index (χ2n) is 3.05. The molecule has 3 N–H and O–H groups in total. The Hall–Kier alpha value is -1.70. The van der Waals surface area contributed by atoms with E-state index in [1.165, 1.54) is 0 Å². The second-order valence-corrected chi connectivity index (χ2v) is 3.05. The summed E-state index contributed by atoms with van der Waals surface area (Å²) in [5.74, 6) is 1.50. The molecule has 0 fully saturated rings. The molecule has 0 saturated heterocycles. The fourth-order valence-corrected chi connectivity index (χ4v) is 0.978. The number of rotatable bonds is 6. The summed E-state index contributed by atoms with van der Waals surface area (Å²) < 4.78 is 0. The van der Waals surface area contributed by atoms with Gasteiger partial charge in [0.25, 0.3) is 0 Å². The third-order valence-corrected chi connectivity index (χ3v) is 1.71. The van der Waals surface area contributed by atoms with Crippen LogP contribution in [0.1, 0.15) is 26.2 Å². The average molecular weight is 212 g/mol. The van der Waals surface area contributed by atoms with Gasteiger partial charge in [0.1, 0.15) is 0 Å². The van der Waals surface area contributed by atoms with Crippen molar-refractivity contribution in [2.45, 2.75) is 32.2 Å². The lowest BCUT2D eigenvalue weighted by Crippen LogP contribution is -2.42. The number of urea groups is 1. The van der Waals surface area contributed by atoms with Crippen LogP contribution in [0, 0.1) is 12.3 Å². The first-order valence-corrected chi connectivity index (χ1v) is 4.82. The first kappa shape index (κ1) is 13.3. The van der Waals surface area contributed by atoms with Crippen molar-refractivity contribution in [1.29, 1.82) is 0 Å². The van der Waals surface area contributed by atoms with Crippen molar-refractivity contribution in [3.05, 3.63) is 0 Å². The fraction of sp³-hybridized carbons (Fsp3) is 0.600. The number of carbonyl (C=O) groups excluding carboxylic acids is 1. The number of carboxylic acid groups (broad SMARTS) is 1. The van der Waals surface area contributed by atoms with Crippen LogP contribution in [0.5, 0.6) is 0 Å². The molecule has 0 aliphatic rings. The Kier molecular flexibility index (Phi) is 6.81. The van der Waals surface area contributed by atoms with Gasteiger partial charge in [-0.05, 0) is 6.42 Å². The number of terminal acetylenes is 1. The number of hydrogen-bond donors (Lipinski definition) is 3. The summed E-state index contributed by atoms with van der Waals surface area (Å²) in [4.78, 5) is 21.3. The van der Waals surface area contributed by atoms with Crippen LogP contribution in [0.15, 0.2) is 0 Å². The van der Waals surface area contributed by atoms with Crippen LogP contribution in [-0.4, -0.2) is 29.7 Å². The second kappa shape index (κ2) is 7.68. The Morgan fingerprint density at radius 3 is 2.67 bits per heavy atom. The predicted octanol–water partition coefficient (Wildman–Crippen LogP) is 0.562. The summed E-state index contributed by atoms with van der Waals surface area (Å²) in [6.07, 6.45) is 6.69. The Morgan fingerprint density at radius 2 is 2.20 bits per heavy atom. The van der Waals surface area contributed by atoms with Gasteiger partial charge >= 0.3 is 12.0 Å². The molecule has 84 valence electrons. The maximum absolute atomic E-state index is 11.2. The van der Waals surface area contributed by atoms with Crippen LogP contribution in [0.25, 0.3) is 0 Å². The fourth-order valence-electron chi connectivity index (χ4n) is 0.978. The molecule has 0 heterocycles. The number of hydrogen-bond acceptors (Lipinski definition) is 2. The molecule has 0 spiro atoms. The van der Waals surface area contributed by atoms with Crippen molar-refractivity contribution < 1.29 is 14.7 Å². The Bertz CT molecular complexity index is 258. The first-order valence-electron chi connectivity index (χ1n) is 4.82. The molecule has 0 aromatic carbocycles. The quantitative estimate of drug-likeness (QED) is 0.563. The normalized spacial score (nSPS) is 11.2. The molecule has 0 radical (unpaired) electrons. The molecular formula is C10H16N2O3. The van der Waals surface area contributed by atoms with Crippen molar-refractivity contribution in [1.82, 2.24) is 10.6 Å². The van der Waals surface area contributed by atoms with Gasteiger partial charge in [0.05, 0.1) is 12.5 Å². The standard InChI is InChI=1S/C10H16N2O3/c1-3-5-8(4-2)12-10(15)11-7-6-9(13)14/h2,8H,3,5-7H2,1H3,(H,13,14)(H2,11,12,15). The Labute approximate surface area is 89.2 Å². The topological polar surface area (TPSA) is 78.4 Å². The van der Waals surface area contributed by atoms with Crippen LogP contribution in [0.2, 0.25) is 0 Å². The Balaban J connectivity index is 3.72. The summed E-state index contributed by atoms with van der Waals surface area (Å²) in [5, 5.41) is 13.3. The predicted molar refractivity (Wildman–Crippen MR) is 56.3 cm³/mol. The summed E-state index contributed by atoms with van der Waals surface area (Å²) in [6.45, 7) is 2.07. The average Bonchev–Trinajstić information content (AvgIpc) is 2.16. The van der Waals surface area contributed by atoms with E-state index in [9.17, 15) is 9.59 Å². The Morgan fingerprint density at radius 1 is 1.53 bits per heavy atom. The molecule has 1 unspecified atom stereocenters. The van der Waals surface area contributed by atoms with Gasteiger partial charge in [-0.2, -0.15) is 0 Å². The number of carbonyl (C=O) groups is 2. The van der Waals surface area contributed by atoms with E-state index in [0.29, 0.717) is 6.42 Å². The lowest BCUT2D eigenvalue weighted by atomic mass is 10.2. The van der Waals surface area contributed by atoms with Gasteiger partial charge in [0.15, 0.2) is 0 Å². The van der Waals surface area contributed by atoms with Crippen molar-refractivity contribution in [3.8, 4) is 12.3 Å². The lowest BCUT2D eigenvalue weighted by Gasteiger charge is -2.12. The largest absolute Gasteiger partial charge is 0.481 e. The summed E-state index contributed by atoms with van der Waals surface area (Å²) in [7, 11) is 0. The molecule has 0 saturated carbocycles. The maximum atomic E-state index is 11.2. The monoisotopic (exact) mass is 212 g/mol. The van der Waals surface area contributed by atoms with E-state index in [1.54, 1.807) is 0 Å². The van der Waals surface area contributed by atoms with Crippen LogP contribution in [0.4, 0.5) is 4.79 Å². The summed E-state index contributed by atoms with van der Waals surface area (Å²) in [5.41, 5.74) is 0. The lowest BCUT2D eigenvalue weighted by molar-refractivity contribution is -0.136. The zero-order valence-corrected chi connectivity index (χ0v) is 8.75. The molecule has 15 heavy (non-hydrogen) atoms. The molecule has 2 amide bonds. The molecule has 0 aromatic rings. The minimum Gasteiger partial charge on any atom is -0.481 e.